The van der Waals surface area contributed by atoms with Crippen molar-refractivity contribution in [1.29, 1.82) is 0 Å². The van der Waals surface area contributed by atoms with Crippen molar-refractivity contribution in [2.75, 3.05) is 34.9 Å². The largest absolute Gasteiger partial charge is 0.497 e. The van der Waals surface area contributed by atoms with E-state index < -0.39 is 40.0 Å². The van der Waals surface area contributed by atoms with Crippen LogP contribution in [0.4, 0.5) is 4.79 Å². The standard InChI is InChI=1S/C21H33N3O7S/c1-21(2,3)31-20(26)23-13-12-17(18(23)19(25)30-7)24(32(27,28)22(4)5)14-15-8-10-16(29-6)11-9-15/h8-11,17-18H,12-14H2,1-7H3. The summed E-state index contributed by atoms with van der Waals surface area (Å²) in [5.74, 6) is -0.0628. The summed E-state index contributed by atoms with van der Waals surface area (Å²) >= 11 is 0. The number of benzene rings is 1. The van der Waals surface area contributed by atoms with Gasteiger partial charge in [-0.25, -0.2) is 9.59 Å². The predicted molar refractivity (Wildman–Crippen MR) is 118 cm³/mol. The van der Waals surface area contributed by atoms with Gasteiger partial charge in [0, 0.05) is 27.2 Å². The average molecular weight is 472 g/mol. The van der Waals surface area contributed by atoms with Crippen LogP contribution in [0.5, 0.6) is 5.75 Å². The lowest BCUT2D eigenvalue weighted by atomic mass is 10.1. The molecule has 2 unspecified atom stereocenters. The molecule has 1 aliphatic heterocycles. The fourth-order valence-electron chi connectivity index (χ4n) is 3.50. The number of esters is 1. The van der Waals surface area contributed by atoms with Crippen LogP contribution in [0.1, 0.15) is 32.8 Å². The van der Waals surface area contributed by atoms with Crippen molar-refractivity contribution in [2.24, 2.45) is 0 Å². The normalized spacial score (nSPS) is 19.3. The Kier molecular flexibility index (Phi) is 8.13. The maximum atomic E-state index is 13.2. The van der Waals surface area contributed by atoms with E-state index in [0.717, 1.165) is 4.31 Å². The molecule has 0 N–H and O–H groups in total. The zero-order chi connectivity index (χ0) is 24.3. The third-order valence-electron chi connectivity index (χ3n) is 5.06. The van der Waals surface area contributed by atoms with Crippen molar-refractivity contribution >= 4 is 22.3 Å². The second-order valence-corrected chi connectivity index (χ2v) is 10.8. The van der Waals surface area contributed by atoms with E-state index in [2.05, 4.69) is 0 Å². The van der Waals surface area contributed by atoms with Gasteiger partial charge < -0.3 is 14.2 Å². The molecule has 32 heavy (non-hydrogen) atoms. The highest BCUT2D eigenvalue weighted by atomic mass is 32.2. The molecule has 0 saturated carbocycles. The minimum absolute atomic E-state index is 0.00479. The maximum absolute atomic E-state index is 13.2. The van der Waals surface area contributed by atoms with Crippen molar-refractivity contribution in [1.82, 2.24) is 13.5 Å². The molecule has 1 amide bonds. The fraction of sp³-hybridized carbons (Fsp3) is 0.619. The van der Waals surface area contributed by atoms with Gasteiger partial charge in [-0.15, -0.1) is 0 Å². The zero-order valence-corrected chi connectivity index (χ0v) is 20.5. The third-order valence-corrected chi connectivity index (χ3v) is 6.98. The Morgan fingerprint density at radius 1 is 1.12 bits per heavy atom. The number of carbonyl (C=O) groups excluding carboxylic acids is 2. The Labute approximate surface area is 190 Å². The SMILES string of the molecule is COC(=O)C1C(N(Cc2ccc(OC)cc2)S(=O)(=O)N(C)C)CCN1C(=O)OC(C)(C)C. The highest BCUT2D eigenvalue weighted by Gasteiger charge is 2.50. The molecule has 11 heteroatoms. The summed E-state index contributed by atoms with van der Waals surface area (Å²) < 4.78 is 44.4. The van der Waals surface area contributed by atoms with Crippen LogP contribution in [0.3, 0.4) is 0 Å². The van der Waals surface area contributed by atoms with Crippen molar-refractivity contribution in [3.05, 3.63) is 29.8 Å². The van der Waals surface area contributed by atoms with E-state index in [1.807, 2.05) is 0 Å². The summed E-state index contributed by atoms with van der Waals surface area (Å²) in [5.41, 5.74) is -0.0653. The quantitative estimate of drug-likeness (QED) is 0.559. The van der Waals surface area contributed by atoms with Gasteiger partial charge in [-0.3, -0.25) is 4.90 Å². The molecular formula is C21H33N3O7S. The Morgan fingerprint density at radius 3 is 2.19 bits per heavy atom. The Balaban J connectivity index is 2.45. The van der Waals surface area contributed by atoms with Crippen LogP contribution in [-0.4, -0.2) is 86.5 Å². The second kappa shape index (κ2) is 10.1. The van der Waals surface area contributed by atoms with Crippen molar-refractivity contribution in [2.45, 2.75) is 51.4 Å². The first-order valence-electron chi connectivity index (χ1n) is 10.2. The molecule has 1 fully saturated rings. The van der Waals surface area contributed by atoms with Crippen LogP contribution in [0.15, 0.2) is 24.3 Å². The van der Waals surface area contributed by atoms with E-state index in [4.69, 9.17) is 14.2 Å². The van der Waals surface area contributed by atoms with Gasteiger partial charge in [-0.1, -0.05) is 12.1 Å². The maximum Gasteiger partial charge on any atom is 0.411 e. The molecule has 0 bridgehead atoms. The molecular weight excluding hydrogens is 438 g/mol. The zero-order valence-electron chi connectivity index (χ0n) is 19.7. The summed E-state index contributed by atoms with van der Waals surface area (Å²) in [6, 6.07) is 5.01. The van der Waals surface area contributed by atoms with Crippen molar-refractivity contribution in [3.63, 3.8) is 0 Å². The number of nitrogens with zero attached hydrogens (tertiary/aromatic N) is 3. The first-order chi connectivity index (χ1) is 14.8. The second-order valence-electron chi connectivity index (χ2n) is 8.68. The van der Waals surface area contributed by atoms with E-state index in [0.29, 0.717) is 11.3 Å². The number of amides is 1. The van der Waals surface area contributed by atoms with E-state index in [9.17, 15) is 18.0 Å². The van der Waals surface area contributed by atoms with E-state index >= 15 is 0 Å². The number of likely N-dealkylation sites (tertiary alicyclic amines) is 1. The van der Waals surface area contributed by atoms with E-state index in [1.165, 1.54) is 30.4 Å². The van der Waals surface area contributed by atoms with Gasteiger partial charge in [0.2, 0.25) is 0 Å². The van der Waals surface area contributed by atoms with Crippen molar-refractivity contribution in [3.8, 4) is 5.75 Å². The van der Waals surface area contributed by atoms with Gasteiger partial charge in [-0.05, 0) is 44.9 Å². The number of rotatable bonds is 7. The van der Waals surface area contributed by atoms with Crippen LogP contribution in [0.2, 0.25) is 0 Å². The third kappa shape index (κ3) is 5.90. The lowest BCUT2D eigenvalue weighted by Crippen LogP contribution is -2.55. The van der Waals surface area contributed by atoms with Gasteiger partial charge in [0.15, 0.2) is 0 Å². The summed E-state index contributed by atoms with van der Waals surface area (Å²) in [5, 5.41) is 0. The summed E-state index contributed by atoms with van der Waals surface area (Å²) in [6.45, 7) is 5.32. The highest BCUT2D eigenvalue weighted by Crippen LogP contribution is 2.30. The first-order valence-corrected chi connectivity index (χ1v) is 11.6. The van der Waals surface area contributed by atoms with Gasteiger partial charge >= 0.3 is 12.1 Å². The molecule has 10 nitrogen and oxygen atoms in total. The Hall–Kier alpha value is -2.37. The lowest BCUT2D eigenvalue weighted by molar-refractivity contribution is -0.147. The molecule has 1 heterocycles. The predicted octanol–water partition coefficient (Wildman–Crippen LogP) is 1.85. The molecule has 0 aromatic heterocycles. The molecule has 1 aliphatic rings. The van der Waals surface area contributed by atoms with E-state index in [-0.39, 0.29) is 19.5 Å². The minimum Gasteiger partial charge on any atom is -0.497 e. The molecule has 1 saturated heterocycles. The smallest absolute Gasteiger partial charge is 0.411 e. The molecule has 0 spiro atoms. The molecule has 2 atom stereocenters. The summed E-state index contributed by atoms with van der Waals surface area (Å²) in [4.78, 5) is 26.7. The van der Waals surface area contributed by atoms with E-state index in [1.54, 1.807) is 52.1 Å². The molecule has 180 valence electrons. The number of methoxy groups -OCH3 is 2. The molecule has 1 aromatic rings. The van der Waals surface area contributed by atoms with Crippen LogP contribution in [0, 0.1) is 0 Å². The monoisotopic (exact) mass is 471 g/mol. The molecule has 0 aliphatic carbocycles. The van der Waals surface area contributed by atoms with Crippen LogP contribution in [-0.2, 0) is 31.0 Å². The van der Waals surface area contributed by atoms with Crippen LogP contribution in [0.25, 0.3) is 0 Å². The minimum atomic E-state index is -3.95. The lowest BCUT2D eigenvalue weighted by Gasteiger charge is -2.35. The number of hydrogen-bond acceptors (Lipinski definition) is 7. The molecule has 0 radical (unpaired) electrons. The number of carbonyl (C=O) groups is 2. The van der Waals surface area contributed by atoms with Crippen LogP contribution >= 0.6 is 0 Å². The van der Waals surface area contributed by atoms with Gasteiger partial charge in [0.25, 0.3) is 10.2 Å². The molecule has 2 rings (SSSR count). The topological polar surface area (TPSA) is 106 Å². The van der Waals surface area contributed by atoms with Crippen molar-refractivity contribution < 1.29 is 32.2 Å². The highest BCUT2D eigenvalue weighted by molar-refractivity contribution is 7.86. The number of hydrogen-bond donors (Lipinski definition) is 0. The van der Waals surface area contributed by atoms with Gasteiger partial charge in [0.05, 0.1) is 20.3 Å². The summed E-state index contributed by atoms with van der Waals surface area (Å²) in [6.07, 6.45) is -0.440. The van der Waals surface area contributed by atoms with Crippen LogP contribution < -0.4 is 4.74 Å². The molecule has 1 aromatic carbocycles. The fourth-order valence-corrected chi connectivity index (χ4v) is 4.79. The van der Waals surface area contributed by atoms with Gasteiger partial charge in [-0.2, -0.15) is 17.0 Å². The Morgan fingerprint density at radius 2 is 1.72 bits per heavy atom. The first kappa shape index (κ1) is 25.9. The van der Waals surface area contributed by atoms with Gasteiger partial charge in [0.1, 0.15) is 17.4 Å². The average Bonchev–Trinajstić information content (AvgIpc) is 3.15. The Bertz CT molecular complexity index is 910. The summed E-state index contributed by atoms with van der Waals surface area (Å²) in [7, 11) is 1.65. The number of ether oxygens (including phenoxy) is 3.